The van der Waals surface area contributed by atoms with Crippen molar-refractivity contribution in [2.24, 2.45) is 5.92 Å². The van der Waals surface area contributed by atoms with Crippen molar-refractivity contribution in [3.63, 3.8) is 0 Å². The number of benzene rings is 1. The van der Waals surface area contributed by atoms with Gasteiger partial charge in [-0.3, -0.25) is 4.79 Å². The molecule has 0 aliphatic carbocycles. The van der Waals surface area contributed by atoms with Crippen LogP contribution in [0.3, 0.4) is 0 Å². The molecule has 0 saturated heterocycles. The summed E-state index contributed by atoms with van der Waals surface area (Å²) < 4.78 is 0. The second kappa shape index (κ2) is 5.19. The number of allylic oxidation sites excluding steroid dienone is 1. The van der Waals surface area contributed by atoms with Gasteiger partial charge in [-0.2, -0.15) is 0 Å². The summed E-state index contributed by atoms with van der Waals surface area (Å²) in [6.45, 7) is 8.24. The van der Waals surface area contributed by atoms with Gasteiger partial charge in [0.2, 0.25) is 0 Å². The second-order valence-electron chi connectivity index (χ2n) is 4.63. The number of fused-ring (bicyclic) bond motifs is 1. The first-order valence-electron chi connectivity index (χ1n) is 6.26. The van der Waals surface area contributed by atoms with Gasteiger partial charge in [-0.1, -0.05) is 50.4 Å². The smallest absolute Gasteiger partial charge is 0.197 e. The van der Waals surface area contributed by atoms with Crippen LogP contribution in [-0.2, 0) is 4.79 Å². The Kier molecular flexibility index (Phi) is 3.81. The molecule has 0 radical (unpaired) electrons. The molecule has 18 heavy (non-hydrogen) atoms. The minimum atomic E-state index is -0.0603. The lowest BCUT2D eigenvalue weighted by Gasteiger charge is -2.38. The lowest BCUT2D eigenvalue weighted by atomic mass is 9.81. The SMILES string of the molecule is C=C1C(C)C(C(=O)SCC)c2ccccc2N1C. The maximum Gasteiger partial charge on any atom is 0.197 e. The number of thioether (sulfide) groups is 1. The van der Waals surface area contributed by atoms with E-state index >= 15 is 0 Å². The Morgan fingerprint density at radius 3 is 2.78 bits per heavy atom. The first kappa shape index (κ1) is 13.2. The molecule has 0 N–H and O–H groups in total. The van der Waals surface area contributed by atoms with Crippen LogP contribution >= 0.6 is 11.8 Å². The largest absolute Gasteiger partial charge is 0.348 e. The van der Waals surface area contributed by atoms with Crippen LogP contribution in [0.1, 0.15) is 25.3 Å². The lowest BCUT2D eigenvalue weighted by Crippen LogP contribution is -2.33. The highest BCUT2D eigenvalue weighted by molar-refractivity contribution is 8.13. The van der Waals surface area contributed by atoms with E-state index in [1.54, 1.807) is 0 Å². The van der Waals surface area contributed by atoms with E-state index in [-0.39, 0.29) is 17.0 Å². The van der Waals surface area contributed by atoms with E-state index in [1.165, 1.54) is 11.8 Å². The van der Waals surface area contributed by atoms with Crippen molar-refractivity contribution in [3.05, 3.63) is 42.1 Å². The molecule has 2 rings (SSSR count). The molecule has 1 aliphatic rings. The number of carbonyl (C=O) groups is 1. The Morgan fingerprint density at radius 1 is 1.44 bits per heavy atom. The summed E-state index contributed by atoms with van der Waals surface area (Å²) in [6, 6.07) is 8.13. The zero-order valence-corrected chi connectivity index (χ0v) is 12.0. The van der Waals surface area contributed by atoms with Crippen molar-refractivity contribution in [2.45, 2.75) is 19.8 Å². The van der Waals surface area contributed by atoms with Crippen LogP contribution in [0.4, 0.5) is 5.69 Å². The van der Waals surface area contributed by atoms with Crippen molar-refractivity contribution in [1.82, 2.24) is 0 Å². The summed E-state index contributed by atoms with van der Waals surface area (Å²) >= 11 is 1.41. The van der Waals surface area contributed by atoms with E-state index in [0.717, 1.165) is 22.7 Å². The van der Waals surface area contributed by atoms with Gasteiger partial charge < -0.3 is 4.90 Å². The van der Waals surface area contributed by atoms with Crippen LogP contribution < -0.4 is 4.90 Å². The fourth-order valence-electron chi connectivity index (χ4n) is 2.54. The molecule has 1 aliphatic heterocycles. The molecule has 2 atom stereocenters. The van der Waals surface area contributed by atoms with E-state index < -0.39 is 0 Å². The fourth-order valence-corrected chi connectivity index (χ4v) is 3.34. The molecule has 3 heteroatoms. The molecule has 0 amide bonds. The Hall–Kier alpha value is -1.22. The summed E-state index contributed by atoms with van der Waals surface area (Å²) in [5, 5.41) is 0.256. The molecule has 1 heterocycles. The molecule has 1 aromatic carbocycles. The minimum Gasteiger partial charge on any atom is -0.348 e. The van der Waals surface area contributed by atoms with Gasteiger partial charge in [-0.15, -0.1) is 0 Å². The zero-order valence-electron chi connectivity index (χ0n) is 11.1. The summed E-state index contributed by atoms with van der Waals surface area (Å²) in [7, 11) is 2.02. The predicted octanol–water partition coefficient (Wildman–Crippen LogP) is 3.65. The van der Waals surface area contributed by atoms with Crippen molar-refractivity contribution < 1.29 is 4.79 Å². The van der Waals surface area contributed by atoms with Crippen LogP contribution in [0.25, 0.3) is 0 Å². The summed E-state index contributed by atoms with van der Waals surface area (Å²) in [5.74, 6) is 0.929. The first-order valence-corrected chi connectivity index (χ1v) is 7.24. The summed E-state index contributed by atoms with van der Waals surface area (Å²) in [4.78, 5) is 14.4. The van der Waals surface area contributed by atoms with Gasteiger partial charge in [0.1, 0.15) is 0 Å². The van der Waals surface area contributed by atoms with Crippen LogP contribution in [0, 0.1) is 5.92 Å². The molecule has 96 valence electrons. The Bertz CT molecular complexity index is 483. The lowest BCUT2D eigenvalue weighted by molar-refractivity contribution is -0.113. The fraction of sp³-hybridized carbons (Fsp3) is 0.400. The van der Waals surface area contributed by atoms with Gasteiger partial charge in [0, 0.05) is 24.4 Å². The number of hydrogen-bond acceptors (Lipinski definition) is 3. The van der Waals surface area contributed by atoms with Crippen molar-refractivity contribution in [3.8, 4) is 0 Å². The van der Waals surface area contributed by atoms with Crippen LogP contribution in [-0.4, -0.2) is 17.9 Å². The molecule has 2 nitrogen and oxygen atoms in total. The molecular weight excluding hydrogens is 242 g/mol. The van der Waals surface area contributed by atoms with Gasteiger partial charge in [0.05, 0.1) is 5.92 Å². The topological polar surface area (TPSA) is 20.3 Å². The minimum absolute atomic E-state index is 0.0603. The standard InChI is InChI=1S/C15H19NOS/c1-5-18-15(17)14-10(2)11(3)16(4)13-9-7-6-8-12(13)14/h6-10,14H,3,5H2,1-2,4H3. The maximum atomic E-state index is 12.3. The van der Waals surface area contributed by atoms with Crippen LogP contribution in [0.2, 0.25) is 0 Å². The first-order chi connectivity index (χ1) is 8.57. The highest BCUT2D eigenvalue weighted by Crippen LogP contribution is 2.44. The molecular formula is C15H19NOS. The van der Waals surface area contributed by atoms with Crippen LogP contribution in [0.15, 0.2) is 36.5 Å². The highest BCUT2D eigenvalue weighted by atomic mass is 32.2. The average molecular weight is 261 g/mol. The third kappa shape index (κ3) is 2.07. The molecule has 0 saturated carbocycles. The number of carbonyl (C=O) groups excluding carboxylic acids is 1. The molecule has 2 unspecified atom stereocenters. The number of hydrogen-bond donors (Lipinski definition) is 0. The number of para-hydroxylation sites is 1. The summed E-state index contributed by atoms with van der Waals surface area (Å²) in [5.41, 5.74) is 3.25. The van der Waals surface area contributed by atoms with E-state index in [4.69, 9.17) is 0 Å². The van der Waals surface area contributed by atoms with Gasteiger partial charge in [-0.05, 0) is 17.4 Å². The van der Waals surface area contributed by atoms with Gasteiger partial charge in [-0.25, -0.2) is 0 Å². The molecule has 0 fully saturated rings. The number of nitrogens with zero attached hydrogens (tertiary/aromatic N) is 1. The third-order valence-corrected chi connectivity index (χ3v) is 4.46. The normalized spacial score (nSPS) is 22.8. The average Bonchev–Trinajstić information content (AvgIpc) is 2.37. The third-order valence-electron chi connectivity index (χ3n) is 3.63. The van der Waals surface area contributed by atoms with Gasteiger partial charge in [0.15, 0.2) is 5.12 Å². The number of rotatable bonds is 2. The van der Waals surface area contributed by atoms with E-state index in [0.29, 0.717) is 0 Å². The summed E-state index contributed by atoms with van der Waals surface area (Å²) in [6.07, 6.45) is 0. The Morgan fingerprint density at radius 2 is 2.11 bits per heavy atom. The second-order valence-corrected chi connectivity index (χ2v) is 5.90. The predicted molar refractivity (Wildman–Crippen MR) is 79.0 cm³/mol. The molecule has 0 spiro atoms. The maximum absolute atomic E-state index is 12.3. The van der Waals surface area contributed by atoms with Crippen molar-refractivity contribution >= 4 is 22.6 Å². The quantitative estimate of drug-likeness (QED) is 0.810. The Balaban J connectivity index is 2.49. The van der Waals surface area contributed by atoms with E-state index in [1.807, 2.05) is 26.1 Å². The molecule has 1 aromatic rings. The number of anilines is 1. The zero-order chi connectivity index (χ0) is 13.3. The monoisotopic (exact) mass is 261 g/mol. The van der Waals surface area contributed by atoms with Crippen molar-refractivity contribution in [1.29, 1.82) is 0 Å². The van der Waals surface area contributed by atoms with Gasteiger partial charge in [0.25, 0.3) is 0 Å². The van der Waals surface area contributed by atoms with Crippen LogP contribution in [0.5, 0.6) is 0 Å². The molecule has 0 bridgehead atoms. The Labute approximate surface area is 113 Å². The van der Waals surface area contributed by atoms with Crippen molar-refractivity contribution in [2.75, 3.05) is 17.7 Å². The van der Waals surface area contributed by atoms with E-state index in [2.05, 4.69) is 30.5 Å². The molecule has 0 aromatic heterocycles. The van der Waals surface area contributed by atoms with E-state index in [9.17, 15) is 4.79 Å². The van der Waals surface area contributed by atoms with Gasteiger partial charge >= 0.3 is 0 Å². The highest BCUT2D eigenvalue weighted by Gasteiger charge is 2.36.